The van der Waals surface area contributed by atoms with Gasteiger partial charge in [0.25, 0.3) is 5.91 Å². The second kappa shape index (κ2) is 5.48. The van der Waals surface area contributed by atoms with Gasteiger partial charge in [0.15, 0.2) is 11.5 Å². The summed E-state index contributed by atoms with van der Waals surface area (Å²) >= 11 is 0. The van der Waals surface area contributed by atoms with Crippen molar-refractivity contribution in [3.63, 3.8) is 0 Å². The maximum absolute atomic E-state index is 12.2. The quantitative estimate of drug-likeness (QED) is 0.873. The van der Waals surface area contributed by atoms with E-state index in [0.717, 1.165) is 19.4 Å². The van der Waals surface area contributed by atoms with Gasteiger partial charge in [-0.1, -0.05) is 6.07 Å². The lowest BCUT2D eigenvalue weighted by Gasteiger charge is -2.34. The van der Waals surface area contributed by atoms with Gasteiger partial charge >= 0.3 is 0 Å². The number of amides is 1. The summed E-state index contributed by atoms with van der Waals surface area (Å²) in [7, 11) is 1.45. The van der Waals surface area contributed by atoms with Crippen LogP contribution in [0, 0.1) is 0 Å². The van der Waals surface area contributed by atoms with Crippen LogP contribution in [0.4, 0.5) is 0 Å². The Labute approximate surface area is 112 Å². The number of para-hydroxylation sites is 1. The van der Waals surface area contributed by atoms with Crippen LogP contribution in [0.2, 0.25) is 0 Å². The van der Waals surface area contributed by atoms with Crippen LogP contribution in [-0.2, 0) is 4.74 Å². The predicted molar refractivity (Wildman–Crippen MR) is 70.6 cm³/mol. The Morgan fingerprint density at radius 1 is 1.53 bits per heavy atom. The minimum atomic E-state index is -0.384. The molecule has 19 heavy (non-hydrogen) atoms. The van der Waals surface area contributed by atoms with Crippen LogP contribution in [-0.4, -0.2) is 36.9 Å². The van der Waals surface area contributed by atoms with Gasteiger partial charge in [-0.2, -0.15) is 0 Å². The second-order valence-electron chi connectivity index (χ2n) is 5.03. The van der Waals surface area contributed by atoms with Crippen molar-refractivity contribution in [2.24, 2.45) is 0 Å². The van der Waals surface area contributed by atoms with E-state index < -0.39 is 0 Å². The normalized spacial score (nSPS) is 22.8. The number of ether oxygens (including phenoxy) is 2. The van der Waals surface area contributed by atoms with Gasteiger partial charge in [-0.25, -0.2) is 0 Å². The molecule has 0 spiro atoms. The minimum absolute atomic E-state index is 0.136. The number of hydrogen-bond acceptors (Lipinski definition) is 4. The zero-order chi connectivity index (χ0) is 13.9. The van der Waals surface area contributed by atoms with E-state index in [1.54, 1.807) is 18.2 Å². The van der Waals surface area contributed by atoms with Gasteiger partial charge in [-0.15, -0.1) is 0 Å². The zero-order valence-corrected chi connectivity index (χ0v) is 11.2. The average Bonchev–Trinajstić information content (AvgIpc) is 2.39. The molecule has 1 heterocycles. The number of methoxy groups -OCH3 is 1. The Morgan fingerprint density at radius 2 is 2.32 bits per heavy atom. The van der Waals surface area contributed by atoms with Gasteiger partial charge in [0.1, 0.15) is 0 Å². The summed E-state index contributed by atoms with van der Waals surface area (Å²) in [5.41, 5.74) is -0.170. The molecule has 0 aromatic heterocycles. The fourth-order valence-electron chi connectivity index (χ4n) is 2.24. The molecule has 1 aliphatic heterocycles. The van der Waals surface area contributed by atoms with Crippen LogP contribution in [0.5, 0.6) is 11.5 Å². The number of nitrogens with one attached hydrogen (secondary N) is 1. The molecule has 1 fully saturated rings. The topological polar surface area (TPSA) is 67.8 Å². The van der Waals surface area contributed by atoms with E-state index in [1.165, 1.54) is 7.11 Å². The Morgan fingerprint density at radius 3 is 2.95 bits per heavy atom. The summed E-state index contributed by atoms with van der Waals surface area (Å²) in [4.78, 5) is 12.2. The molecular formula is C14H19NO4. The van der Waals surface area contributed by atoms with Crippen LogP contribution in [0.1, 0.15) is 30.1 Å². The number of benzene rings is 1. The smallest absolute Gasteiger partial charge is 0.255 e. The first-order chi connectivity index (χ1) is 9.06. The number of aromatic hydroxyl groups is 1. The molecule has 2 N–H and O–H groups in total. The monoisotopic (exact) mass is 265 g/mol. The second-order valence-corrected chi connectivity index (χ2v) is 5.03. The van der Waals surface area contributed by atoms with Crippen molar-refractivity contribution in [1.29, 1.82) is 0 Å². The van der Waals surface area contributed by atoms with Crippen molar-refractivity contribution in [3.8, 4) is 11.5 Å². The molecule has 1 atom stereocenters. The zero-order valence-electron chi connectivity index (χ0n) is 11.2. The summed E-state index contributed by atoms with van der Waals surface area (Å²) < 4.78 is 10.4. The van der Waals surface area contributed by atoms with Crippen molar-refractivity contribution in [3.05, 3.63) is 23.8 Å². The third-order valence-electron chi connectivity index (χ3n) is 3.32. The van der Waals surface area contributed by atoms with Crippen LogP contribution in [0.3, 0.4) is 0 Å². The lowest BCUT2D eigenvalue weighted by molar-refractivity contribution is 0.0272. The van der Waals surface area contributed by atoms with Gasteiger partial charge in [-0.05, 0) is 31.9 Å². The maximum atomic E-state index is 12.2. The van der Waals surface area contributed by atoms with Gasteiger partial charge in [0.05, 0.1) is 24.8 Å². The van der Waals surface area contributed by atoms with Crippen LogP contribution in [0.15, 0.2) is 18.2 Å². The number of phenols is 1. The first-order valence-electron chi connectivity index (χ1n) is 6.32. The van der Waals surface area contributed by atoms with Crippen molar-refractivity contribution in [1.82, 2.24) is 5.32 Å². The van der Waals surface area contributed by atoms with Gasteiger partial charge in [-0.3, -0.25) is 4.79 Å². The van der Waals surface area contributed by atoms with Crippen LogP contribution < -0.4 is 10.1 Å². The Bertz CT molecular complexity index is 467. The number of hydrogen-bond donors (Lipinski definition) is 2. The molecule has 1 aromatic carbocycles. The van der Waals surface area contributed by atoms with E-state index in [9.17, 15) is 9.90 Å². The minimum Gasteiger partial charge on any atom is -0.504 e. The van der Waals surface area contributed by atoms with Crippen molar-refractivity contribution >= 4 is 5.91 Å². The molecule has 1 aliphatic rings. The summed E-state index contributed by atoms with van der Waals surface area (Å²) in [6.45, 7) is 3.17. The summed E-state index contributed by atoms with van der Waals surface area (Å²) in [6, 6.07) is 4.85. The fraction of sp³-hybridized carbons (Fsp3) is 0.500. The maximum Gasteiger partial charge on any atom is 0.255 e. The lowest BCUT2D eigenvalue weighted by Crippen LogP contribution is -2.51. The third kappa shape index (κ3) is 2.98. The molecule has 104 valence electrons. The Kier molecular flexibility index (Phi) is 3.95. The van der Waals surface area contributed by atoms with Gasteiger partial charge in [0, 0.05) is 6.61 Å². The molecule has 1 saturated heterocycles. The van der Waals surface area contributed by atoms with E-state index in [0.29, 0.717) is 6.61 Å². The molecule has 0 bridgehead atoms. The molecule has 0 radical (unpaired) electrons. The number of rotatable bonds is 3. The van der Waals surface area contributed by atoms with E-state index in [1.807, 2.05) is 6.92 Å². The highest BCUT2D eigenvalue weighted by Crippen LogP contribution is 2.30. The van der Waals surface area contributed by atoms with E-state index in [2.05, 4.69) is 5.32 Å². The molecule has 5 heteroatoms. The third-order valence-corrected chi connectivity index (χ3v) is 3.32. The van der Waals surface area contributed by atoms with Gasteiger partial charge in [0.2, 0.25) is 0 Å². The highest BCUT2D eigenvalue weighted by Gasteiger charge is 2.30. The van der Waals surface area contributed by atoms with Crippen molar-refractivity contribution in [2.45, 2.75) is 25.3 Å². The predicted octanol–water partition coefficient (Wildman–Crippen LogP) is 1.70. The fourth-order valence-corrected chi connectivity index (χ4v) is 2.24. The highest BCUT2D eigenvalue weighted by molar-refractivity contribution is 5.98. The van der Waals surface area contributed by atoms with Crippen LogP contribution >= 0.6 is 0 Å². The summed E-state index contributed by atoms with van der Waals surface area (Å²) in [6.07, 6.45) is 1.78. The number of carbonyl (C=O) groups is 1. The molecule has 5 nitrogen and oxygen atoms in total. The summed E-state index contributed by atoms with van der Waals surface area (Å²) in [5, 5.41) is 12.9. The SMILES string of the molecule is COc1cccc(C(=O)NC2(C)CCCOC2)c1O. The van der Waals surface area contributed by atoms with E-state index in [4.69, 9.17) is 9.47 Å². The van der Waals surface area contributed by atoms with Crippen LogP contribution in [0.25, 0.3) is 0 Å². The molecule has 0 saturated carbocycles. The van der Waals surface area contributed by atoms with Gasteiger partial charge < -0.3 is 19.9 Å². The standard InChI is InChI=1S/C14H19NO4/c1-14(7-4-8-19-9-14)15-13(17)10-5-3-6-11(18-2)12(10)16/h3,5-6,16H,4,7-9H2,1-2H3,(H,15,17). The Balaban J connectivity index is 2.16. The average molecular weight is 265 g/mol. The highest BCUT2D eigenvalue weighted by atomic mass is 16.5. The summed E-state index contributed by atoms with van der Waals surface area (Å²) in [5.74, 6) is -0.162. The number of phenolic OH excluding ortho intramolecular Hbond substituents is 1. The molecule has 1 unspecified atom stereocenters. The van der Waals surface area contributed by atoms with Crippen molar-refractivity contribution < 1.29 is 19.4 Å². The molecule has 1 amide bonds. The number of carbonyl (C=O) groups excluding carboxylic acids is 1. The van der Waals surface area contributed by atoms with E-state index in [-0.39, 0.29) is 28.5 Å². The molecule has 1 aromatic rings. The molecule has 2 rings (SSSR count). The molecular weight excluding hydrogens is 246 g/mol. The van der Waals surface area contributed by atoms with Crippen molar-refractivity contribution in [2.75, 3.05) is 20.3 Å². The first kappa shape index (κ1) is 13.7. The first-order valence-corrected chi connectivity index (χ1v) is 6.32. The largest absolute Gasteiger partial charge is 0.504 e. The molecule has 0 aliphatic carbocycles. The Hall–Kier alpha value is -1.75. The lowest BCUT2D eigenvalue weighted by atomic mass is 9.94. The van der Waals surface area contributed by atoms with E-state index >= 15 is 0 Å².